The number of hydrogen-bond acceptors (Lipinski definition) is 7. The van der Waals surface area contributed by atoms with Gasteiger partial charge in [-0.25, -0.2) is 9.97 Å². The number of amides is 1. The van der Waals surface area contributed by atoms with E-state index in [1.165, 1.54) is 6.07 Å². The number of alkyl halides is 3. The highest BCUT2D eigenvalue weighted by atomic mass is 19.4. The van der Waals surface area contributed by atoms with Crippen molar-refractivity contribution in [2.24, 2.45) is 0 Å². The number of carbonyl (C=O) groups excluding carboxylic acids is 1. The number of hydrogen-bond donors (Lipinski definition) is 2. The van der Waals surface area contributed by atoms with Crippen molar-refractivity contribution in [1.82, 2.24) is 14.9 Å². The summed E-state index contributed by atoms with van der Waals surface area (Å²) in [5.74, 6) is 0.718. The van der Waals surface area contributed by atoms with Crippen molar-refractivity contribution in [3.05, 3.63) is 71.5 Å². The Balaban J connectivity index is 1.29. The third-order valence-corrected chi connectivity index (χ3v) is 7.36. The van der Waals surface area contributed by atoms with E-state index in [0.29, 0.717) is 12.4 Å². The van der Waals surface area contributed by atoms with Crippen LogP contribution in [0.5, 0.6) is 5.75 Å². The molecule has 40 heavy (non-hydrogen) atoms. The van der Waals surface area contributed by atoms with Crippen LogP contribution in [-0.2, 0) is 12.7 Å². The standard InChI is InChI=1S/C29H33F3N6O2/c1-37-11-5-6-23(37)19-40-24-16-21(29(30,31)32)15-22(17-24)36-28(39)25-7-4-9-34-27(25)35-18-20-8-10-33-26(14-20)38-12-2-3-13-38/h4,7-10,14-17,23H,2-3,5-6,11-13,18-19H2,1H3,(H,34,35)(H,36,39)/t23-/m0/s1. The molecule has 3 aromatic rings. The number of ether oxygens (including phenoxy) is 1. The first kappa shape index (κ1) is 27.7. The molecule has 2 aromatic heterocycles. The zero-order valence-electron chi connectivity index (χ0n) is 22.4. The Hall–Kier alpha value is -3.86. The number of carbonyl (C=O) groups is 1. The molecule has 0 saturated carbocycles. The van der Waals surface area contributed by atoms with Gasteiger partial charge in [0.2, 0.25) is 0 Å². The summed E-state index contributed by atoms with van der Waals surface area (Å²) in [5.41, 5.74) is 0.287. The molecule has 0 unspecified atom stereocenters. The molecule has 2 fully saturated rings. The summed E-state index contributed by atoms with van der Waals surface area (Å²) in [6.07, 6.45) is 2.96. The summed E-state index contributed by atoms with van der Waals surface area (Å²) in [5, 5.41) is 5.80. The average Bonchev–Trinajstić information content (AvgIpc) is 3.63. The van der Waals surface area contributed by atoms with Gasteiger partial charge in [0.25, 0.3) is 5.91 Å². The molecule has 0 aliphatic carbocycles. The second kappa shape index (κ2) is 12.1. The van der Waals surface area contributed by atoms with Crippen molar-refractivity contribution >= 4 is 23.2 Å². The Morgan fingerprint density at radius 1 is 1.05 bits per heavy atom. The van der Waals surface area contributed by atoms with Crippen molar-refractivity contribution in [2.45, 2.75) is 44.4 Å². The summed E-state index contributed by atoms with van der Waals surface area (Å²) >= 11 is 0. The molecule has 2 N–H and O–H groups in total. The van der Waals surface area contributed by atoms with Crippen LogP contribution >= 0.6 is 0 Å². The number of benzene rings is 1. The van der Waals surface area contributed by atoms with Crippen LogP contribution in [0.15, 0.2) is 54.9 Å². The van der Waals surface area contributed by atoms with Crippen LogP contribution in [-0.4, -0.2) is 60.1 Å². The van der Waals surface area contributed by atoms with Gasteiger partial charge < -0.3 is 25.2 Å². The molecule has 212 valence electrons. The summed E-state index contributed by atoms with van der Waals surface area (Å²) < 4.78 is 46.7. The predicted molar refractivity (Wildman–Crippen MR) is 148 cm³/mol. The zero-order chi connectivity index (χ0) is 28.1. The van der Waals surface area contributed by atoms with Crippen molar-refractivity contribution in [3.63, 3.8) is 0 Å². The van der Waals surface area contributed by atoms with Crippen molar-refractivity contribution in [1.29, 1.82) is 0 Å². The Kier molecular flexibility index (Phi) is 8.39. The zero-order valence-corrected chi connectivity index (χ0v) is 22.4. The number of nitrogens with one attached hydrogen (secondary N) is 2. The fourth-order valence-corrected chi connectivity index (χ4v) is 5.10. The molecule has 0 spiro atoms. The molecule has 2 aliphatic heterocycles. The van der Waals surface area contributed by atoms with Crippen LogP contribution in [0.4, 0.5) is 30.5 Å². The summed E-state index contributed by atoms with van der Waals surface area (Å²) in [4.78, 5) is 26.4. The molecule has 1 aromatic carbocycles. The average molecular weight is 555 g/mol. The van der Waals surface area contributed by atoms with Crippen LogP contribution in [0, 0.1) is 0 Å². The van der Waals surface area contributed by atoms with E-state index in [9.17, 15) is 18.0 Å². The lowest BCUT2D eigenvalue weighted by Crippen LogP contribution is -2.30. The molecule has 2 aliphatic rings. The lowest BCUT2D eigenvalue weighted by Gasteiger charge is -2.20. The van der Waals surface area contributed by atoms with E-state index in [2.05, 4.69) is 30.4 Å². The van der Waals surface area contributed by atoms with Gasteiger partial charge in [0.05, 0.1) is 11.1 Å². The SMILES string of the molecule is CN1CCC[C@H]1COc1cc(NC(=O)c2cccnc2NCc2ccnc(N3CCCC3)c2)cc(C(F)(F)F)c1. The Morgan fingerprint density at radius 3 is 2.62 bits per heavy atom. The van der Waals surface area contributed by atoms with E-state index in [-0.39, 0.29) is 29.6 Å². The van der Waals surface area contributed by atoms with Gasteiger partial charge in [0, 0.05) is 49.8 Å². The molecule has 11 heteroatoms. The van der Waals surface area contributed by atoms with Gasteiger partial charge in [0.15, 0.2) is 0 Å². The number of likely N-dealkylation sites (tertiary alicyclic amines) is 1. The smallest absolute Gasteiger partial charge is 0.416 e. The lowest BCUT2D eigenvalue weighted by atomic mass is 10.1. The first-order valence-corrected chi connectivity index (χ1v) is 13.5. The Labute approximate surface area is 231 Å². The molecule has 5 rings (SSSR count). The third-order valence-electron chi connectivity index (χ3n) is 7.36. The van der Waals surface area contributed by atoms with Crippen LogP contribution in [0.25, 0.3) is 0 Å². The molecular formula is C29H33F3N6O2. The quantitative estimate of drug-likeness (QED) is 0.365. The van der Waals surface area contributed by atoms with E-state index in [4.69, 9.17) is 4.74 Å². The summed E-state index contributed by atoms with van der Waals surface area (Å²) in [6.45, 7) is 3.57. The molecule has 1 amide bonds. The van der Waals surface area contributed by atoms with E-state index >= 15 is 0 Å². The van der Waals surface area contributed by atoms with Gasteiger partial charge in [-0.05, 0) is 81.2 Å². The Bertz CT molecular complexity index is 1330. The van der Waals surface area contributed by atoms with Gasteiger partial charge >= 0.3 is 6.18 Å². The number of likely N-dealkylation sites (N-methyl/N-ethyl adjacent to an activating group) is 1. The largest absolute Gasteiger partial charge is 0.492 e. The highest BCUT2D eigenvalue weighted by Gasteiger charge is 2.32. The number of rotatable bonds is 9. The third kappa shape index (κ3) is 6.82. The predicted octanol–water partition coefficient (Wildman–Crippen LogP) is 5.43. The maximum Gasteiger partial charge on any atom is 0.416 e. The molecule has 8 nitrogen and oxygen atoms in total. The van der Waals surface area contributed by atoms with Crippen LogP contribution in [0.1, 0.15) is 47.2 Å². The van der Waals surface area contributed by atoms with Crippen molar-refractivity contribution < 1.29 is 22.7 Å². The second-order valence-electron chi connectivity index (χ2n) is 10.3. The molecule has 2 saturated heterocycles. The Morgan fingerprint density at radius 2 is 1.88 bits per heavy atom. The molecule has 0 bridgehead atoms. The molecule has 0 radical (unpaired) electrons. The fraction of sp³-hybridized carbons (Fsp3) is 0.414. The van der Waals surface area contributed by atoms with Gasteiger partial charge in [0.1, 0.15) is 24.0 Å². The van der Waals surface area contributed by atoms with Gasteiger partial charge in [-0.2, -0.15) is 13.2 Å². The number of nitrogens with zero attached hydrogens (tertiary/aromatic N) is 4. The van der Waals surface area contributed by atoms with Gasteiger partial charge in [-0.1, -0.05) is 0 Å². The second-order valence-corrected chi connectivity index (χ2v) is 10.3. The maximum atomic E-state index is 13.7. The topological polar surface area (TPSA) is 82.6 Å². The summed E-state index contributed by atoms with van der Waals surface area (Å²) in [7, 11) is 1.97. The van der Waals surface area contributed by atoms with Crippen LogP contribution < -0.4 is 20.3 Å². The van der Waals surface area contributed by atoms with E-state index in [0.717, 1.165) is 68.8 Å². The van der Waals surface area contributed by atoms with Crippen molar-refractivity contribution in [2.75, 3.05) is 48.8 Å². The highest BCUT2D eigenvalue weighted by molar-refractivity contribution is 6.07. The first-order chi connectivity index (χ1) is 19.3. The van der Waals surface area contributed by atoms with Crippen LogP contribution in [0.2, 0.25) is 0 Å². The minimum absolute atomic E-state index is 0.00575. The number of anilines is 3. The van der Waals surface area contributed by atoms with E-state index in [1.807, 2.05) is 19.2 Å². The monoisotopic (exact) mass is 554 g/mol. The van der Waals surface area contributed by atoms with E-state index in [1.54, 1.807) is 24.5 Å². The minimum atomic E-state index is -4.59. The summed E-state index contributed by atoms with van der Waals surface area (Å²) in [6, 6.07) is 10.5. The highest BCUT2D eigenvalue weighted by Crippen LogP contribution is 2.35. The van der Waals surface area contributed by atoms with Gasteiger partial charge in [-0.15, -0.1) is 0 Å². The number of aromatic nitrogens is 2. The van der Waals surface area contributed by atoms with Gasteiger partial charge in [-0.3, -0.25) is 4.79 Å². The first-order valence-electron chi connectivity index (χ1n) is 13.5. The minimum Gasteiger partial charge on any atom is -0.492 e. The normalized spacial score (nSPS) is 17.7. The molecule has 4 heterocycles. The lowest BCUT2D eigenvalue weighted by molar-refractivity contribution is -0.137. The fourth-order valence-electron chi connectivity index (χ4n) is 5.10. The molecular weight excluding hydrogens is 521 g/mol. The number of pyridine rings is 2. The number of halogens is 3. The van der Waals surface area contributed by atoms with E-state index < -0.39 is 17.6 Å². The maximum absolute atomic E-state index is 13.7. The molecule has 1 atom stereocenters. The van der Waals surface area contributed by atoms with Crippen molar-refractivity contribution in [3.8, 4) is 5.75 Å². The van der Waals surface area contributed by atoms with Crippen LogP contribution in [0.3, 0.4) is 0 Å².